The standard InChI is InChI=1S/C18H24N2O4S/c1-22-16-12-14(18(25)20-8-10-23-11-9-20)4-5-15(16)24-13-17(21)19-6-2-3-7-19/h4-5,12H,2-3,6-11,13H2,1H3. The molecule has 1 aromatic carbocycles. The Morgan fingerprint density at radius 2 is 1.84 bits per heavy atom. The van der Waals surface area contributed by atoms with Gasteiger partial charge in [-0.2, -0.15) is 0 Å². The number of methoxy groups -OCH3 is 1. The van der Waals surface area contributed by atoms with E-state index in [0.29, 0.717) is 24.7 Å². The molecule has 2 fully saturated rings. The lowest BCUT2D eigenvalue weighted by atomic mass is 10.1. The van der Waals surface area contributed by atoms with Crippen LogP contribution in [0.15, 0.2) is 18.2 Å². The SMILES string of the molecule is COc1cc(C(=S)N2CCOCC2)ccc1OCC(=O)N1CCCC1. The summed E-state index contributed by atoms with van der Waals surface area (Å²) in [7, 11) is 1.59. The van der Waals surface area contributed by atoms with Crippen molar-refractivity contribution in [1.82, 2.24) is 9.80 Å². The summed E-state index contributed by atoms with van der Waals surface area (Å²) in [5, 5.41) is 0. The molecule has 1 aromatic rings. The minimum absolute atomic E-state index is 0.0208. The van der Waals surface area contributed by atoms with Crippen molar-refractivity contribution < 1.29 is 19.0 Å². The molecule has 6 nitrogen and oxygen atoms in total. The third-order valence-electron chi connectivity index (χ3n) is 4.52. The second kappa shape index (κ2) is 8.49. The lowest BCUT2D eigenvalue weighted by Gasteiger charge is -2.29. The first-order valence-corrected chi connectivity index (χ1v) is 9.05. The van der Waals surface area contributed by atoms with E-state index < -0.39 is 0 Å². The summed E-state index contributed by atoms with van der Waals surface area (Å²) in [6, 6.07) is 5.60. The zero-order valence-corrected chi connectivity index (χ0v) is 15.3. The van der Waals surface area contributed by atoms with Gasteiger partial charge in [0.15, 0.2) is 18.1 Å². The molecule has 0 radical (unpaired) electrons. The fourth-order valence-electron chi connectivity index (χ4n) is 3.07. The van der Waals surface area contributed by atoms with Gasteiger partial charge in [-0.15, -0.1) is 0 Å². The predicted octanol–water partition coefficient (Wildman–Crippen LogP) is 1.70. The number of hydrogen-bond acceptors (Lipinski definition) is 5. The van der Waals surface area contributed by atoms with Gasteiger partial charge in [0, 0.05) is 31.7 Å². The number of benzene rings is 1. The van der Waals surface area contributed by atoms with Crippen LogP contribution in [0.5, 0.6) is 11.5 Å². The molecule has 0 N–H and O–H groups in total. The third kappa shape index (κ3) is 4.41. The monoisotopic (exact) mass is 364 g/mol. The van der Waals surface area contributed by atoms with Gasteiger partial charge in [0.1, 0.15) is 4.99 Å². The van der Waals surface area contributed by atoms with Crippen LogP contribution in [0, 0.1) is 0 Å². The fraction of sp³-hybridized carbons (Fsp3) is 0.556. The maximum atomic E-state index is 12.1. The van der Waals surface area contributed by atoms with Gasteiger partial charge in [0.05, 0.1) is 20.3 Å². The van der Waals surface area contributed by atoms with Crippen molar-refractivity contribution in [1.29, 1.82) is 0 Å². The van der Waals surface area contributed by atoms with E-state index in [1.807, 2.05) is 23.1 Å². The molecule has 0 aromatic heterocycles. The molecule has 0 unspecified atom stereocenters. The Hall–Kier alpha value is -1.86. The fourth-order valence-corrected chi connectivity index (χ4v) is 3.38. The number of ether oxygens (including phenoxy) is 3. The predicted molar refractivity (Wildman–Crippen MR) is 98.4 cm³/mol. The molecule has 7 heteroatoms. The Balaban J connectivity index is 1.64. The van der Waals surface area contributed by atoms with E-state index in [1.165, 1.54) is 0 Å². The van der Waals surface area contributed by atoms with Gasteiger partial charge >= 0.3 is 0 Å². The zero-order valence-electron chi connectivity index (χ0n) is 14.5. The molecule has 0 spiro atoms. The number of nitrogens with zero attached hydrogens (tertiary/aromatic N) is 2. The van der Waals surface area contributed by atoms with Gasteiger partial charge < -0.3 is 24.0 Å². The summed E-state index contributed by atoms with van der Waals surface area (Å²) in [5.41, 5.74) is 0.909. The van der Waals surface area contributed by atoms with Gasteiger partial charge in [-0.25, -0.2) is 0 Å². The molecule has 2 heterocycles. The number of carbonyl (C=O) groups excluding carboxylic acids is 1. The van der Waals surface area contributed by atoms with E-state index in [9.17, 15) is 4.79 Å². The van der Waals surface area contributed by atoms with E-state index in [2.05, 4.69) is 4.90 Å². The molecule has 25 heavy (non-hydrogen) atoms. The van der Waals surface area contributed by atoms with Crippen molar-refractivity contribution in [2.24, 2.45) is 0 Å². The zero-order chi connectivity index (χ0) is 17.6. The van der Waals surface area contributed by atoms with Crippen LogP contribution in [0.2, 0.25) is 0 Å². The largest absolute Gasteiger partial charge is 0.493 e. The first-order valence-electron chi connectivity index (χ1n) is 8.64. The van der Waals surface area contributed by atoms with Gasteiger partial charge in [0.25, 0.3) is 5.91 Å². The smallest absolute Gasteiger partial charge is 0.260 e. The highest BCUT2D eigenvalue weighted by Crippen LogP contribution is 2.29. The molecule has 1 amide bonds. The molecule has 0 bridgehead atoms. The summed E-state index contributed by atoms with van der Waals surface area (Å²) < 4.78 is 16.5. The highest BCUT2D eigenvalue weighted by Gasteiger charge is 2.20. The Morgan fingerprint density at radius 1 is 1.12 bits per heavy atom. The maximum absolute atomic E-state index is 12.1. The summed E-state index contributed by atoms with van der Waals surface area (Å²) in [6.07, 6.45) is 2.14. The van der Waals surface area contributed by atoms with Crippen LogP contribution in [0.1, 0.15) is 18.4 Å². The van der Waals surface area contributed by atoms with Gasteiger partial charge in [-0.1, -0.05) is 12.2 Å². The highest BCUT2D eigenvalue weighted by atomic mass is 32.1. The number of morpholine rings is 1. The van der Waals surface area contributed by atoms with E-state index in [1.54, 1.807) is 7.11 Å². The number of thiocarbonyl (C=S) groups is 1. The number of likely N-dealkylation sites (tertiary alicyclic amines) is 1. The quantitative estimate of drug-likeness (QED) is 0.742. The van der Waals surface area contributed by atoms with Crippen LogP contribution in [-0.4, -0.2) is 73.8 Å². The lowest BCUT2D eigenvalue weighted by molar-refractivity contribution is -0.132. The molecule has 0 aliphatic carbocycles. The Kier molecular flexibility index (Phi) is 6.09. The Morgan fingerprint density at radius 3 is 2.52 bits per heavy atom. The highest BCUT2D eigenvalue weighted by molar-refractivity contribution is 7.80. The van der Waals surface area contributed by atoms with Crippen molar-refractivity contribution in [3.8, 4) is 11.5 Å². The number of carbonyl (C=O) groups is 1. The van der Waals surface area contributed by atoms with Crippen LogP contribution in [0.25, 0.3) is 0 Å². The average molecular weight is 364 g/mol. The van der Waals surface area contributed by atoms with Crippen molar-refractivity contribution in [3.05, 3.63) is 23.8 Å². The molecular formula is C18H24N2O4S. The minimum Gasteiger partial charge on any atom is -0.493 e. The minimum atomic E-state index is 0.0208. The lowest BCUT2D eigenvalue weighted by Crippen LogP contribution is -2.40. The topological polar surface area (TPSA) is 51.2 Å². The molecule has 0 saturated carbocycles. The molecule has 3 rings (SSSR count). The second-order valence-corrected chi connectivity index (χ2v) is 6.53. The summed E-state index contributed by atoms with van der Waals surface area (Å²) in [6.45, 7) is 4.66. The van der Waals surface area contributed by atoms with Gasteiger partial charge in [0.2, 0.25) is 0 Å². The second-order valence-electron chi connectivity index (χ2n) is 6.15. The van der Waals surface area contributed by atoms with Crippen molar-refractivity contribution >= 4 is 23.1 Å². The number of hydrogen-bond donors (Lipinski definition) is 0. The Labute approximate surface area is 153 Å². The number of amides is 1. The van der Waals surface area contributed by atoms with Crippen LogP contribution < -0.4 is 9.47 Å². The normalized spacial score (nSPS) is 17.5. The molecule has 2 saturated heterocycles. The van der Waals surface area contributed by atoms with Crippen LogP contribution in [0.3, 0.4) is 0 Å². The van der Waals surface area contributed by atoms with Crippen LogP contribution >= 0.6 is 12.2 Å². The maximum Gasteiger partial charge on any atom is 0.260 e. The van der Waals surface area contributed by atoms with E-state index >= 15 is 0 Å². The molecule has 2 aliphatic rings. The summed E-state index contributed by atoms with van der Waals surface area (Å²) in [5.74, 6) is 1.17. The van der Waals surface area contributed by atoms with Gasteiger partial charge in [-0.05, 0) is 31.0 Å². The molecule has 2 aliphatic heterocycles. The molecule has 136 valence electrons. The summed E-state index contributed by atoms with van der Waals surface area (Å²) in [4.78, 5) is 16.9. The van der Waals surface area contributed by atoms with Crippen molar-refractivity contribution in [3.63, 3.8) is 0 Å². The molecule has 0 atom stereocenters. The molecular weight excluding hydrogens is 340 g/mol. The van der Waals surface area contributed by atoms with E-state index in [-0.39, 0.29) is 12.5 Å². The first-order chi connectivity index (χ1) is 12.2. The first kappa shape index (κ1) is 17.9. The third-order valence-corrected chi connectivity index (χ3v) is 5.01. The van der Waals surface area contributed by atoms with E-state index in [4.69, 9.17) is 26.4 Å². The van der Waals surface area contributed by atoms with Crippen molar-refractivity contribution in [2.45, 2.75) is 12.8 Å². The van der Waals surface area contributed by atoms with E-state index in [0.717, 1.165) is 49.6 Å². The van der Waals surface area contributed by atoms with Crippen molar-refractivity contribution in [2.75, 3.05) is 53.1 Å². The van der Waals surface area contributed by atoms with Gasteiger partial charge in [-0.3, -0.25) is 4.79 Å². The average Bonchev–Trinajstić information content (AvgIpc) is 3.21. The van der Waals surface area contributed by atoms with Crippen LogP contribution in [-0.2, 0) is 9.53 Å². The summed E-state index contributed by atoms with van der Waals surface area (Å²) >= 11 is 5.58. The Bertz CT molecular complexity index is 626. The van der Waals surface area contributed by atoms with Crippen LogP contribution in [0.4, 0.5) is 0 Å². The number of rotatable bonds is 5.